The second kappa shape index (κ2) is 18.9. The van der Waals surface area contributed by atoms with E-state index in [0.29, 0.717) is 12.1 Å². The fourth-order valence-electron chi connectivity index (χ4n) is 4.24. The molecule has 0 saturated heterocycles. The fraction of sp³-hybridized carbons (Fsp3) is 0.400. The van der Waals surface area contributed by atoms with Gasteiger partial charge in [-0.15, -0.1) is 22.7 Å². The SMILES string of the molecule is O=C(/C=C(\OB(F)F)c1ccc(/C=C/C=C/c2ccc(/C(=C/C(=O)C(F)(F)C(F)(F)C(F)(F)C(F)(F)C(F)(F)C(F)(F)F)OB(F)F)s2)s1)C(F)(F)C(F)(F)C(F)(F)C(F)(F)C(F)(F)C(F)(F)F. The summed E-state index contributed by atoms with van der Waals surface area (Å²) >= 11 is -0.0117. The van der Waals surface area contributed by atoms with Crippen LogP contribution in [0.4, 0.5) is 131 Å². The minimum absolute atomic E-state index is 0.00583. The molecule has 2 rings (SSSR count). The second-order valence-corrected chi connectivity index (χ2v) is 14.6. The minimum atomic E-state index is -8.43. The molecule has 38 heteroatoms. The standard InChI is InChI=1S/C30H10B2F30O4S2/c33-19(34,21(37,38)23(41,42)25(45,46)27(49,50)29(53,54)55)17(63)9-13(65-31(59)60)15-7-5-11(67-15)3-1-2-4-12-6-8-16(68-12)14(66-32(61)62)10-18(64)20(35,36)22(39,40)24(43,44)26(47,48)28(51,52)30(56,57)58/h1-10H/b3-1+,4-2+,13-9-,14-10-. The average Bonchev–Trinajstić information content (AvgIpc) is 3.84. The molecule has 0 amide bonds. The first-order chi connectivity index (χ1) is 30.1. The van der Waals surface area contributed by atoms with Crippen LogP contribution in [0.2, 0.25) is 0 Å². The first-order valence-corrected chi connectivity index (χ1v) is 17.6. The van der Waals surface area contributed by atoms with Crippen molar-refractivity contribution in [3.63, 3.8) is 0 Å². The zero-order valence-electron chi connectivity index (χ0n) is 30.7. The number of alkyl halides is 26. The molecule has 0 unspecified atom stereocenters. The Morgan fingerprint density at radius 3 is 0.882 bits per heavy atom. The molecule has 2 heterocycles. The van der Waals surface area contributed by atoms with E-state index >= 15 is 0 Å². The number of rotatable bonds is 21. The maximum atomic E-state index is 14.3. The van der Waals surface area contributed by atoms with Crippen molar-refractivity contribution >= 4 is 72.8 Å². The summed E-state index contributed by atoms with van der Waals surface area (Å²) < 4.78 is 408. The predicted molar refractivity (Wildman–Crippen MR) is 172 cm³/mol. The van der Waals surface area contributed by atoms with Gasteiger partial charge in [-0.3, -0.25) is 9.59 Å². The van der Waals surface area contributed by atoms with E-state index in [4.69, 9.17) is 0 Å². The van der Waals surface area contributed by atoms with Gasteiger partial charge in [0.05, 0.1) is 9.75 Å². The molecule has 0 spiro atoms. The highest BCUT2D eigenvalue weighted by Crippen LogP contribution is 2.62. The largest absolute Gasteiger partial charge is 0.796 e. The van der Waals surface area contributed by atoms with Crippen LogP contribution in [0.5, 0.6) is 0 Å². The predicted octanol–water partition coefficient (Wildman–Crippen LogP) is 13.7. The first kappa shape index (κ1) is 59.5. The van der Waals surface area contributed by atoms with Crippen LogP contribution < -0.4 is 0 Å². The number of carbonyl (C=O) groups is 2. The van der Waals surface area contributed by atoms with Gasteiger partial charge in [-0.1, -0.05) is 12.2 Å². The lowest BCUT2D eigenvalue weighted by Gasteiger charge is -2.39. The van der Waals surface area contributed by atoms with E-state index in [1.165, 1.54) is 0 Å². The highest BCUT2D eigenvalue weighted by Gasteiger charge is 2.93. The summed E-state index contributed by atoms with van der Waals surface area (Å²) in [5.41, 5.74) is 0. The molecule has 0 atom stereocenters. The molecule has 0 aliphatic heterocycles. The molecule has 2 aromatic rings. The molecule has 4 nitrogen and oxygen atoms in total. The number of hydrogen-bond donors (Lipinski definition) is 0. The summed E-state index contributed by atoms with van der Waals surface area (Å²) in [5, 5.41) is 0. The topological polar surface area (TPSA) is 52.6 Å². The number of thiophene rings is 2. The number of carbonyl (C=O) groups excluding carboxylic acids is 2. The smallest absolute Gasteiger partial charge is 0.504 e. The highest BCUT2D eigenvalue weighted by atomic mass is 32.1. The van der Waals surface area contributed by atoms with Crippen molar-refractivity contribution in [3.05, 3.63) is 68.1 Å². The molecule has 382 valence electrons. The first-order valence-electron chi connectivity index (χ1n) is 15.9. The highest BCUT2D eigenvalue weighted by molar-refractivity contribution is 7.14. The van der Waals surface area contributed by atoms with Gasteiger partial charge in [0.15, 0.2) is 0 Å². The van der Waals surface area contributed by atoms with Gasteiger partial charge in [-0.2, -0.15) is 114 Å². The number of ketones is 2. The van der Waals surface area contributed by atoms with Crippen LogP contribution in [-0.2, 0) is 18.9 Å². The van der Waals surface area contributed by atoms with Crippen LogP contribution in [0.3, 0.4) is 0 Å². The Bertz CT molecular complexity index is 2110. The molecule has 0 saturated carbocycles. The molecule has 0 aliphatic carbocycles. The Kier molecular flexibility index (Phi) is 16.5. The van der Waals surface area contributed by atoms with Crippen molar-refractivity contribution in [3.8, 4) is 0 Å². The van der Waals surface area contributed by atoms with E-state index in [1.54, 1.807) is 0 Å². The summed E-state index contributed by atoms with van der Waals surface area (Å²) in [7, 11) is -8.50. The third-order valence-electron chi connectivity index (χ3n) is 7.81. The normalized spacial score (nSPS) is 15.4. The average molecular weight is 1090 g/mol. The third kappa shape index (κ3) is 10.4. The van der Waals surface area contributed by atoms with E-state index in [9.17, 15) is 141 Å². The van der Waals surface area contributed by atoms with Gasteiger partial charge < -0.3 is 9.31 Å². The molecule has 0 bridgehead atoms. The lowest BCUT2D eigenvalue weighted by Crippen LogP contribution is -2.71. The van der Waals surface area contributed by atoms with Gasteiger partial charge in [0.25, 0.3) is 0 Å². The van der Waals surface area contributed by atoms with E-state index < -0.39 is 132 Å². The summed E-state index contributed by atoms with van der Waals surface area (Å²) in [6, 6.07) is 2.42. The van der Waals surface area contributed by atoms with Gasteiger partial charge in [0, 0.05) is 21.9 Å². The van der Waals surface area contributed by atoms with Gasteiger partial charge in [-0.25, -0.2) is 17.3 Å². The molecule has 0 N–H and O–H groups in total. The van der Waals surface area contributed by atoms with Gasteiger partial charge in [-0.05, 0) is 36.4 Å². The maximum absolute atomic E-state index is 14.3. The maximum Gasteiger partial charge on any atom is 0.796 e. The van der Waals surface area contributed by atoms with Crippen molar-refractivity contribution in [1.82, 2.24) is 0 Å². The summed E-state index contributed by atoms with van der Waals surface area (Å²) in [5.74, 6) is -93.0. The lowest BCUT2D eigenvalue weighted by molar-refractivity contribution is -0.435. The van der Waals surface area contributed by atoms with Gasteiger partial charge in [0.1, 0.15) is 11.5 Å². The Morgan fingerprint density at radius 2 is 0.647 bits per heavy atom. The van der Waals surface area contributed by atoms with Crippen LogP contribution >= 0.6 is 22.7 Å². The van der Waals surface area contributed by atoms with E-state index in [2.05, 4.69) is 9.31 Å². The number of allylic oxidation sites excluding steroid dienone is 4. The van der Waals surface area contributed by atoms with Crippen LogP contribution in [0.25, 0.3) is 23.7 Å². The molecule has 0 aliphatic rings. The molecule has 2 aromatic heterocycles. The van der Waals surface area contributed by atoms with E-state index in [0.717, 1.165) is 36.4 Å². The van der Waals surface area contributed by atoms with E-state index in [-0.39, 0.29) is 32.4 Å². The fourth-order valence-corrected chi connectivity index (χ4v) is 6.00. The molecule has 68 heavy (non-hydrogen) atoms. The zero-order chi connectivity index (χ0) is 53.7. The summed E-state index contributed by atoms with van der Waals surface area (Å²) in [6.07, 6.45) is -14.7. The number of halogens is 30. The Morgan fingerprint density at radius 1 is 0.397 bits per heavy atom. The second-order valence-electron chi connectivity index (χ2n) is 12.4. The summed E-state index contributed by atoms with van der Waals surface area (Å²) in [6.45, 7) is 0. The van der Waals surface area contributed by atoms with Crippen molar-refractivity contribution in [2.24, 2.45) is 0 Å². The van der Waals surface area contributed by atoms with Crippen LogP contribution in [-0.4, -0.2) is 98.1 Å². The minimum Gasteiger partial charge on any atom is -0.504 e. The lowest BCUT2D eigenvalue weighted by atomic mass is 9.92. The van der Waals surface area contributed by atoms with Crippen molar-refractivity contribution in [2.45, 2.75) is 71.6 Å². The monoisotopic (exact) mass is 1090 g/mol. The Balaban J connectivity index is 2.46. The quantitative estimate of drug-likeness (QED) is 0.0411. The zero-order valence-corrected chi connectivity index (χ0v) is 32.3. The summed E-state index contributed by atoms with van der Waals surface area (Å²) in [4.78, 5) is 21.1. The Hall–Kier alpha value is -4.67. The Labute approximate surface area is 362 Å². The third-order valence-corrected chi connectivity index (χ3v) is 9.94. The molecule has 0 fully saturated rings. The van der Waals surface area contributed by atoms with Crippen molar-refractivity contribution < 1.29 is 150 Å². The van der Waals surface area contributed by atoms with Gasteiger partial charge >= 0.3 is 86.5 Å². The number of hydrogen-bond acceptors (Lipinski definition) is 6. The van der Waals surface area contributed by atoms with Gasteiger partial charge in [0.2, 0.25) is 11.6 Å². The van der Waals surface area contributed by atoms with Crippen LogP contribution in [0.15, 0.2) is 48.6 Å². The molecule has 0 aromatic carbocycles. The van der Waals surface area contributed by atoms with Crippen LogP contribution in [0, 0.1) is 0 Å². The molecular weight excluding hydrogens is 1080 g/mol. The van der Waals surface area contributed by atoms with Crippen LogP contribution in [0.1, 0.15) is 19.5 Å². The van der Waals surface area contributed by atoms with Crippen molar-refractivity contribution in [1.29, 1.82) is 0 Å². The molecule has 0 radical (unpaired) electrons. The molecular formula is C30H10B2F30O4S2. The van der Waals surface area contributed by atoms with E-state index in [1.807, 2.05) is 0 Å². The van der Waals surface area contributed by atoms with Crippen molar-refractivity contribution in [2.75, 3.05) is 0 Å².